The van der Waals surface area contributed by atoms with Crippen LogP contribution in [0.15, 0.2) is 59.7 Å². The molecule has 0 aliphatic heterocycles. The van der Waals surface area contributed by atoms with Crippen molar-refractivity contribution in [1.29, 1.82) is 0 Å². The minimum absolute atomic E-state index is 0.00638. The molecule has 2 N–H and O–H groups in total. The van der Waals surface area contributed by atoms with Gasteiger partial charge >= 0.3 is 0 Å². The fourth-order valence-electron chi connectivity index (χ4n) is 3.25. The molecule has 2 saturated carbocycles. The highest BCUT2D eigenvalue weighted by Gasteiger charge is 2.43. The summed E-state index contributed by atoms with van der Waals surface area (Å²) in [6.45, 7) is 1.85. The molecule has 5 nitrogen and oxygen atoms in total. The van der Waals surface area contributed by atoms with E-state index in [-0.39, 0.29) is 23.7 Å². The Morgan fingerprint density at radius 2 is 1.78 bits per heavy atom. The van der Waals surface area contributed by atoms with Gasteiger partial charge in [0.2, 0.25) is 11.8 Å². The zero-order chi connectivity index (χ0) is 18.8. The van der Waals surface area contributed by atoms with Crippen LogP contribution in [0.4, 0.5) is 5.69 Å². The average Bonchev–Trinajstić information content (AvgIpc) is 3.59. The number of anilines is 1. The van der Waals surface area contributed by atoms with Gasteiger partial charge in [0.1, 0.15) is 0 Å². The maximum atomic E-state index is 12.3. The summed E-state index contributed by atoms with van der Waals surface area (Å²) < 4.78 is 0. The molecule has 2 aromatic carbocycles. The number of carbonyl (C=O) groups is 2. The van der Waals surface area contributed by atoms with Gasteiger partial charge in [-0.1, -0.05) is 42.5 Å². The van der Waals surface area contributed by atoms with Crippen molar-refractivity contribution >= 4 is 23.2 Å². The van der Waals surface area contributed by atoms with Crippen LogP contribution in [0.25, 0.3) is 0 Å². The molecule has 0 aromatic heterocycles. The summed E-state index contributed by atoms with van der Waals surface area (Å²) in [6, 6.07) is 17.7. The number of carbonyl (C=O) groups excluding carboxylic acids is 2. The van der Waals surface area contributed by atoms with Crippen LogP contribution in [0.3, 0.4) is 0 Å². The Bertz CT molecular complexity index is 887. The molecule has 2 fully saturated rings. The second-order valence-corrected chi connectivity index (χ2v) is 7.38. The normalized spacial score (nSPS) is 21.4. The molecule has 2 aromatic rings. The smallest absolute Gasteiger partial charge is 0.243 e. The summed E-state index contributed by atoms with van der Waals surface area (Å²) in [6.07, 6.45) is 2.82. The molecule has 0 spiro atoms. The van der Waals surface area contributed by atoms with Crippen molar-refractivity contribution in [3.63, 3.8) is 0 Å². The Balaban J connectivity index is 1.35. The third kappa shape index (κ3) is 4.25. The molecule has 0 radical (unpaired) electrons. The van der Waals surface area contributed by atoms with Gasteiger partial charge in [-0.3, -0.25) is 9.59 Å². The molecule has 0 bridgehead atoms. The molecule has 0 saturated heterocycles. The van der Waals surface area contributed by atoms with E-state index in [1.54, 1.807) is 0 Å². The Morgan fingerprint density at radius 3 is 2.52 bits per heavy atom. The lowest BCUT2D eigenvalue weighted by Crippen LogP contribution is -2.21. The van der Waals surface area contributed by atoms with Crippen molar-refractivity contribution in [3.8, 4) is 0 Å². The first-order valence-corrected chi connectivity index (χ1v) is 9.42. The topological polar surface area (TPSA) is 70.6 Å². The van der Waals surface area contributed by atoms with Crippen LogP contribution in [-0.2, 0) is 9.59 Å². The van der Waals surface area contributed by atoms with Gasteiger partial charge in [-0.25, -0.2) is 5.43 Å². The van der Waals surface area contributed by atoms with Crippen molar-refractivity contribution in [3.05, 3.63) is 65.7 Å². The van der Waals surface area contributed by atoms with E-state index in [4.69, 9.17) is 0 Å². The van der Waals surface area contributed by atoms with Crippen molar-refractivity contribution in [1.82, 2.24) is 5.43 Å². The van der Waals surface area contributed by atoms with E-state index in [0.29, 0.717) is 11.6 Å². The monoisotopic (exact) mass is 361 g/mol. The van der Waals surface area contributed by atoms with Gasteiger partial charge in [-0.2, -0.15) is 5.10 Å². The van der Waals surface area contributed by atoms with Gasteiger partial charge in [0.25, 0.3) is 0 Å². The van der Waals surface area contributed by atoms with Crippen LogP contribution < -0.4 is 10.7 Å². The third-order valence-corrected chi connectivity index (χ3v) is 5.18. The lowest BCUT2D eigenvalue weighted by atomic mass is 10.1. The second kappa shape index (κ2) is 7.35. The van der Waals surface area contributed by atoms with E-state index >= 15 is 0 Å². The summed E-state index contributed by atoms with van der Waals surface area (Å²) in [7, 11) is 0. The minimum atomic E-state index is -0.0404. The predicted molar refractivity (Wildman–Crippen MR) is 105 cm³/mol. The van der Waals surface area contributed by atoms with Gasteiger partial charge in [0, 0.05) is 17.5 Å². The number of nitrogens with one attached hydrogen (secondary N) is 2. The largest absolute Gasteiger partial charge is 0.326 e. The van der Waals surface area contributed by atoms with Crippen LogP contribution in [0.2, 0.25) is 0 Å². The molecule has 138 valence electrons. The van der Waals surface area contributed by atoms with E-state index in [0.717, 1.165) is 30.5 Å². The first-order valence-electron chi connectivity index (χ1n) is 9.42. The highest BCUT2D eigenvalue weighted by molar-refractivity contribution is 6.01. The molecule has 5 heteroatoms. The highest BCUT2D eigenvalue weighted by Crippen LogP contribution is 2.47. The maximum Gasteiger partial charge on any atom is 0.243 e. The van der Waals surface area contributed by atoms with E-state index in [2.05, 4.69) is 28.0 Å². The zero-order valence-corrected chi connectivity index (χ0v) is 15.3. The number of hydrogen-bond donors (Lipinski definition) is 2. The fourth-order valence-corrected chi connectivity index (χ4v) is 3.25. The van der Waals surface area contributed by atoms with Crippen LogP contribution in [0.5, 0.6) is 0 Å². The first kappa shape index (κ1) is 17.5. The number of benzene rings is 2. The lowest BCUT2D eigenvalue weighted by molar-refractivity contribution is -0.122. The molecule has 2 atom stereocenters. The number of hydrazone groups is 1. The van der Waals surface area contributed by atoms with Gasteiger partial charge < -0.3 is 5.32 Å². The van der Waals surface area contributed by atoms with Crippen molar-refractivity contribution in [2.75, 3.05) is 5.32 Å². The average molecular weight is 361 g/mol. The summed E-state index contributed by atoms with van der Waals surface area (Å²) in [5.41, 5.74) is 6.24. The van der Waals surface area contributed by atoms with Crippen LogP contribution in [-0.4, -0.2) is 17.5 Å². The molecule has 2 aliphatic rings. The summed E-state index contributed by atoms with van der Waals surface area (Å²) >= 11 is 0. The second-order valence-electron chi connectivity index (χ2n) is 7.38. The predicted octanol–water partition coefficient (Wildman–Crippen LogP) is 3.68. The Hall–Kier alpha value is -2.95. The quantitative estimate of drug-likeness (QED) is 0.609. The lowest BCUT2D eigenvalue weighted by Gasteiger charge is -2.07. The standard InChI is InChI=1S/C22H23N3O2/c1-14(17-8-5-9-18(12-17)23-21(26)16-10-11-16)24-25-22(27)20-13-19(20)15-6-3-2-4-7-15/h2-9,12,16,19-20H,10-11,13H2,1H3,(H,23,26)(H,25,27)/b24-14+/t19-,20-/m0/s1. The molecule has 2 amide bonds. The van der Waals surface area contributed by atoms with Crippen LogP contribution in [0.1, 0.15) is 43.2 Å². The number of amides is 2. The molecule has 0 heterocycles. The first-order chi connectivity index (χ1) is 13.1. The third-order valence-electron chi connectivity index (χ3n) is 5.18. The Labute approximate surface area is 158 Å². The number of nitrogens with zero attached hydrogens (tertiary/aromatic N) is 1. The number of hydrogen-bond acceptors (Lipinski definition) is 3. The molecular formula is C22H23N3O2. The van der Waals surface area contributed by atoms with E-state index < -0.39 is 0 Å². The Morgan fingerprint density at radius 1 is 1.00 bits per heavy atom. The van der Waals surface area contributed by atoms with Crippen molar-refractivity contribution in [2.45, 2.75) is 32.1 Å². The van der Waals surface area contributed by atoms with E-state index in [1.165, 1.54) is 5.56 Å². The fraction of sp³-hybridized carbons (Fsp3) is 0.318. The SMILES string of the molecule is C/C(=N\NC(=O)[C@H]1C[C@H]1c1ccccc1)c1cccc(NC(=O)C2CC2)c1. The minimum Gasteiger partial charge on any atom is -0.326 e. The molecule has 0 unspecified atom stereocenters. The summed E-state index contributed by atoms with van der Waals surface area (Å²) in [4.78, 5) is 24.2. The van der Waals surface area contributed by atoms with Crippen molar-refractivity contribution in [2.24, 2.45) is 16.9 Å². The number of rotatable bonds is 6. The Kier molecular flexibility index (Phi) is 4.75. The molecule has 4 rings (SSSR count). The molecule has 27 heavy (non-hydrogen) atoms. The van der Waals surface area contributed by atoms with Gasteiger partial charge in [0.05, 0.1) is 5.71 Å². The maximum absolute atomic E-state index is 12.3. The van der Waals surface area contributed by atoms with E-state index in [1.807, 2.05) is 49.4 Å². The zero-order valence-electron chi connectivity index (χ0n) is 15.3. The van der Waals surface area contributed by atoms with Crippen molar-refractivity contribution < 1.29 is 9.59 Å². The van der Waals surface area contributed by atoms with Gasteiger partial charge in [-0.15, -0.1) is 0 Å². The van der Waals surface area contributed by atoms with Gasteiger partial charge in [-0.05, 0) is 55.4 Å². The summed E-state index contributed by atoms with van der Waals surface area (Å²) in [5, 5.41) is 7.19. The highest BCUT2D eigenvalue weighted by atomic mass is 16.2. The molecule has 2 aliphatic carbocycles. The van der Waals surface area contributed by atoms with Crippen LogP contribution in [0, 0.1) is 11.8 Å². The van der Waals surface area contributed by atoms with Gasteiger partial charge in [0.15, 0.2) is 0 Å². The van der Waals surface area contributed by atoms with Crippen LogP contribution >= 0.6 is 0 Å². The molecular weight excluding hydrogens is 338 g/mol. The summed E-state index contributed by atoms with van der Waals surface area (Å²) in [5.74, 6) is 0.492. The van der Waals surface area contributed by atoms with E-state index in [9.17, 15) is 9.59 Å².